The molecule has 0 saturated carbocycles. The van der Waals surface area contributed by atoms with Gasteiger partial charge in [-0.1, -0.05) is 53.9 Å². The van der Waals surface area contributed by atoms with E-state index in [0.29, 0.717) is 0 Å². The molecule has 1 aliphatic rings. The van der Waals surface area contributed by atoms with Crippen LogP contribution in [0.4, 0.5) is 0 Å². The zero-order valence-corrected chi connectivity index (χ0v) is 17.7. The molecule has 0 aromatic heterocycles. The number of allylic oxidation sites excluding steroid dienone is 4. The molecule has 20 heavy (non-hydrogen) atoms. The molecule has 0 atom stereocenters. The van der Waals surface area contributed by atoms with Gasteiger partial charge in [0, 0.05) is 0 Å². The maximum absolute atomic E-state index is 3.49. The van der Waals surface area contributed by atoms with Crippen LogP contribution < -0.4 is 0 Å². The fourth-order valence-corrected chi connectivity index (χ4v) is 1.41. The predicted molar refractivity (Wildman–Crippen MR) is 91.5 cm³/mol. The molecule has 116 valence electrons. The molecule has 0 amide bonds. The van der Waals surface area contributed by atoms with Gasteiger partial charge < -0.3 is 20.8 Å². The zero-order chi connectivity index (χ0) is 16.1. The van der Waals surface area contributed by atoms with Crippen molar-refractivity contribution >= 4 is 0 Å². The second-order valence-electron chi connectivity index (χ2n) is 5.12. The molecule has 0 nitrogen and oxygen atoms in total. The Bertz CT molecular complexity index is 252. The number of hydrogen-bond acceptors (Lipinski definition) is 0. The van der Waals surface area contributed by atoms with Crippen molar-refractivity contribution in [1.29, 1.82) is 0 Å². The molecule has 0 spiro atoms. The molecular weight excluding hydrogens is 319 g/mol. The van der Waals surface area contributed by atoms with Gasteiger partial charge in [0.2, 0.25) is 0 Å². The van der Waals surface area contributed by atoms with Crippen LogP contribution in [0.3, 0.4) is 0 Å². The van der Waals surface area contributed by atoms with E-state index in [1.54, 1.807) is 0 Å². The molecule has 1 aliphatic carbocycles. The average Bonchev–Trinajstić information content (AvgIpc) is 2.45. The minimum atomic E-state index is 0. The van der Waals surface area contributed by atoms with E-state index in [1.807, 2.05) is 20.8 Å². The molecule has 0 bridgehead atoms. The standard InChI is InChI=1S/C10H15.3C3H7.Zr/c1-7-6-10(4,5)9(3)8(7)2;3*1-3-2;/h1-5H3;3*1,3H2,2H3;/q4*-1;+4. The van der Waals surface area contributed by atoms with Gasteiger partial charge in [0.15, 0.2) is 0 Å². The molecule has 1 heteroatoms. The Labute approximate surface area is 149 Å². The van der Waals surface area contributed by atoms with Gasteiger partial charge in [-0.05, 0) is 0 Å². The monoisotopic (exact) mass is 354 g/mol. The minimum absolute atomic E-state index is 0. The predicted octanol–water partition coefficient (Wildman–Crippen LogP) is 6.80. The van der Waals surface area contributed by atoms with Crippen molar-refractivity contribution in [2.45, 2.75) is 74.7 Å². The summed E-state index contributed by atoms with van der Waals surface area (Å²) in [4.78, 5) is 0. The molecular formula is C19H36Zr. The van der Waals surface area contributed by atoms with E-state index in [1.165, 1.54) is 16.7 Å². The summed E-state index contributed by atoms with van der Waals surface area (Å²) in [5, 5.41) is 0. The van der Waals surface area contributed by atoms with E-state index < -0.39 is 0 Å². The van der Waals surface area contributed by atoms with Gasteiger partial charge in [-0.25, -0.2) is 5.57 Å². The molecule has 0 heterocycles. The number of hydrogen-bond donors (Lipinski definition) is 0. The van der Waals surface area contributed by atoms with E-state index in [-0.39, 0.29) is 31.6 Å². The second kappa shape index (κ2) is 17.4. The van der Waals surface area contributed by atoms with Gasteiger partial charge in [0.25, 0.3) is 0 Å². The Morgan fingerprint density at radius 2 is 1.10 bits per heavy atom. The van der Waals surface area contributed by atoms with Crippen LogP contribution in [0.2, 0.25) is 0 Å². The zero-order valence-electron chi connectivity index (χ0n) is 15.2. The van der Waals surface area contributed by atoms with Crippen LogP contribution in [0.15, 0.2) is 16.7 Å². The van der Waals surface area contributed by atoms with Crippen LogP contribution >= 0.6 is 0 Å². The Hall–Kier alpha value is 0.363. The molecule has 0 unspecified atom stereocenters. The summed E-state index contributed by atoms with van der Waals surface area (Å²) in [7, 11) is 0. The molecule has 0 fully saturated rings. The molecule has 0 aromatic carbocycles. The van der Waals surface area contributed by atoms with Crippen LogP contribution in [0.1, 0.15) is 74.7 Å². The second-order valence-corrected chi connectivity index (χ2v) is 5.12. The van der Waals surface area contributed by atoms with Gasteiger partial charge >= 0.3 is 26.2 Å². The van der Waals surface area contributed by atoms with Gasteiger partial charge in [-0.15, -0.1) is 6.92 Å². The Kier molecular flexibility index (Phi) is 24.8. The largest absolute Gasteiger partial charge is 4.00 e. The molecule has 0 aliphatic heterocycles. The van der Waals surface area contributed by atoms with E-state index in [9.17, 15) is 0 Å². The quantitative estimate of drug-likeness (QED) is 0.419. The first-order valence-corrected chi connectivity index (χ1v) is 7.37. The fourth-order valence-electron chi connectivity index (χ4n) is 1.41. The van der Waals surface area contributed by atoms with Crippen molar-refractivity contribution in [1.82, 2.24) is 0 Å². The fraction of sp³-hybridized carbons (Fsp3) is 0.632. The first kappa shape index (κ1) is 28.5. The smallest absolute Gasteiger partial charge is 0.344 e. The third kappa shape index (κ3) is 14.8. The van der Waals surface area contributed by atoms with Gasteiger partial charge in [0.1, 0.15) is 0 Å². The molecule has 0 aromatic rings. The SMILES string of the molecule is CC1=[C-]C(C)(C)C(C)=C1C.[CH2-]CC.[CH2-]CC.[CH2-]CC.[Zr+4]. The molecule has 1 rings (SSSR count). The maximum atomic E-state index is 3.49. The summed E-state index contributed by atoms with van der Waals surface area (Å²) >= 11 is 0. The van der Waals surface area contributed by atoms with Gasteiger partial charge in [-0.2, -0.15) is 30.4 Å². The first-order valence-electron chi connectivity index (χ1n) is 7.37. The summed E-state index contributed by atoms with van der Waals surface area (Å²) in [5.41, 5.74) is 4.39. The van der Waals surface area contributed by atoms with E-state index in [4.69, 9.17) is 0 Å². The summed E-state index contributed by atoms with van der Waals surface area (Å²) in [6.45, 7) is 27.4. The summed E-state index contributed by atoms with van der Waals surface area (Å²) in [6, 6.07) is 0. The summed E-state index contributed by atoms with van der Waals surface area (Å²) in [5.74, 6) is 0. The van der Waals surface area contributed by atoms with Crippen molar-refractivity contribution in [3.63, 3.8) is 0 Å². The Morgan fingerprint density at radius 3 is 1.15 bits per heavy atom. The van der Waals surface area contributed by atoms with Crippen LogP contribution in [0.25, 0.3) is 0 Å². The maximum Gasteiger partial charge on any atom is 4.00 e. The van der Waals surface area contributed by atoms with Crippen LogP contribution in [0, 0.1) is 32.3 Å². The van der Waals surface area contributed by atoms with Crippen molar-refractivity contribution < 1.29 is 26.2 Å². The Morgan fingerprint density at radius 1 is 0.850 bits per heavy atom. The van der Waals surface area contributed by atoms with E-state index in [0.717, 1.165) is 19.3 Å². The third-order valence-electron chi connectivity index (χ3n) is 2.56. The Balaban J connectivity index is -0.000000108. The van der Waals surface area contributed by atoms with E-state index in [2.05, 4.69) is 61.5 Å². The van der Waals surface area contributed by atoms with Crippen molar-refractivity contribution in [2.75, 3.05) is 0 Å². The summed E-state index contributed by atoms with van der Waals surface area (Å²) < 4.78 is 0. The van der Waals surface area contributed by atoms with Gasteiger partial charge in [0.05, 0.1) is 0 Å². The van der Waals surface area contributed by atoms with Crippen LogP contribution in [0.5, 0.6) is 0 Å². The minimum Gasteiger partial charge on any atom is -0.344 e. The van der Waals surface area contributed by atoms with Crippen LogP contribution in [-0.2, 0) is 26.2 Å². The van der Waals surface area contributed by atoms with Gasteiger partial charge in [-0.3, -0.25) is 6.08 Å². The van der Waals surface area contributed by atoms with E-state index >= 15 is 0 Å². The molecule has 0 radical (unpaired) electrons. The van der Waals surface area contributed by atoms with Crippen molar-refractivity contribution in [3.8, 4) is 0 Å². The van der Waals surface area contributed by atoms with Crippen LogP contribution in [-0.4, -0.2) is 0 Å². The normalized spacial score (nSPS) is 14.4. The molecule has 0 N–H and O–H groups in total. The molecule has 0 saturated heterocycles. The third-order valence-corrected chi connectivity index (χ3v) is 2.56. The van der Waals surface area contributed by atoms with Crippen molar-refractivity contribution in [2.24, 2.45) is 5.41 Å². The average molecular weight is 356 g/mol. The first-order chi connectivity index (χ1) is 8.69. The number of rotatable bonds is 0. The topological polar surface area (TPSA) is 0 Å². The van der Waals surface area contributed by atoms with Crippen molar-refractivity contribution in [3.05, 3.63) is 43.6 Å². The summed E-state index contributed by atoms with van der Waals surface area (Å²) in [6.07, 6.45) is 6.44.